The molecular formula is C15H24S3. The SMILES string of the molecule is C#CCCCCC12SCC(CC(C)C)(CS1)CS2. The molecule has 0 atom stereocenters. The molecule has 18 heavy (non-hydrogen) atoms. The first-order valence-electron chi connectivity index (χ1n) is 6.95. The molecule has 0 N–H and O–H groups in total. The summed E-state index contributed by atoms with van der Waals surface area (Å²) in [7, 11) is 0. The fourth-order valence-electron chi connectivity index (χ4n) is 2.87. The number of terminal acetylenes is 1. The Labute approximate surface area is 125 Å². The lowest BCUT2D eigenvalue weighted by molar-refractivity contribution is 0.336. The summed E-state index contributed by atoms with van der Waals surface area (Å²) in [5.41, 5.74) is 0.634. The van der Waals surface area contributed by atoms with Gasteiger partial charge in [-0.2, -0.15) is 0 Å². The summed E-state index contributed by atoms with van der Waals surface area (Å²) < 4.78 is 0.479. The third-order valence-corrected chi connectivity index (χ3v) is 10.0. The fourth-order valence-corrected chi connectivity index (χ4v) is 8.73. The molecular weight excluding hydrogens is 276 g/mol. The molecule has 0 spiro atoms. The number of unbranched alkanes of at least 4 members (excludes halogenated alkanes) is 2. The van der Waals surface area contributed by atoms with Crippen molar-refractivity contribution in [2.75, 3.05) is 17.3 Å². The smallest absolute Gasteiger partial charge is 0.107 e. The molecule has 0 nitrogen and oxygen atoms in total. The second-order valence-electron chi connectivity index (χ2n) is 6.06. The molecule has 3 aliphatic rings. The van der Waals surface area contributed by atoms with Crippen molar-refractivity contribution < 1.29 is 0 Å². The molecule has 3 heterocycles. The lowest BCUT2D eigenvalue weighted by Gasteiger charge is -2.52. The molecule has 0 aliphatic carbocycles. The number of hydrogen-bond donors (Lipinski definition) is 0. The summed E-state index contributed by atoms with van der Waals surface area (Å²) in [6, 6.07) is 0. The van der Waals surface area contributed by atoms with Crippen LogP contribution in [-0.4, -0.2) is 20.7 Å². The van der Waals surface area contributed by atoms with E-state index in [2.05, 4.69) is 55.1 Å². The molecule has 3 rings (SSSR count). The monoisotopic (exact) mass is 300 g/mol. The van der Waals surface area contributed by atoms with E-state index in [9.17, 15) is 0 Å². The summed E-state index contributed by atoms with van der Waals surface area (Å²) in [4.78, 5) is 0. The van der Waals surface area contributed by atoms with Gasteiger partial charge in [-0.25, -0.2) is 0 Å². The van der Waals surface area contributed by atoms with Gasteiger partial charge in [0.1, 0.15) is 3.41 Å². The predicted molar refractivity (Wildman–Crippen MR) is 89.3 cm³/mol. The zero-order valence-corrected chi connectivity index (χ0v) is 14.0. The zero-order valence-electron chi connectivity index (χ0n) is 11.5. The molecule has 0 radical (unpaired) electrons. The van der Waals surface area contributed by atoms with Crippen molar-refractivity contribution in [3.05, 3.63) is 0 Å². The van der Waals surface area contributed by atoms with E-state index in [-0.39, 0.29) is 0 Å². The van der Waals surface area contributed by atoms with E-state index in [0.717, 1.165) is 12.3 Å². The van der Waals surface area contributed by atoms with Crippen LogP contribution < -0.4 is 0 Å². The highest BCUT2D eigenvalue weighted by atomic mass is 32.3. The quantitative estimate of drug-likeness (QED) is 0.495. The van der Waals surface area contributed by atoms with Crippen LogP contribution in [0.4, 0.5) is 0 Å². The van der Waals surface area contributed by atoms with E-state index in [1.807, 2.05) is 0 Å². The average molecular weight is 301 g/mol. The second-order valence-corrected chi connectivity index (χ2v) is 10.7. The first kappa shape index (κ1) is 15.0. The highest BCUT2D eigenvalue weighted by Gasteiger charge is 2.50. The minimum absolute atomic E-state index is 0.479. The third-order valence-electron chi connectivity index (χ3n) is 3.69. The molecule has 3 aliphatic heterocycles. The number of fused-ring (bicyclic) bond motifs is 3. The molecule has 3 heteroatoms. The van der Waals surface area contributed by atoms with Gasteiger partial charge in [0.05, 0.1) is 0 Å². The third kappa shape index (κ3) is 3.58. The Balaban J connectivity index is 1.82. The molecule has 0 amide bonds. The molecule has 0 aromatic carbocycles. The van der Waals surface area contributed by atoms with Gasteiger partial charge in [0.15, 0.2) is 0 Å². The summed E-state index contributed by atoms with van der Waals surface area (Å²) in [5, 5.41) is 0. The minimum Gasteiger partial charge on any atom is -0.133 e. The van der Waals surface area contributed by atoms with Gasteiger partial charge in [0, 0.05) is 23.7 Å². The lowest BCUT2D eigenvalue weighted by atomic mass is 9.85. The van der Waals surface area contributed by atoms with E-state index in [1.165, 1.54) is 42.9 Å². The molecule has 3 fully saturated rings. The normalized spacial score (nSPS) is 34.8. The van der Waals surface area contributed by atoms with Gasteiger partial charge in [-0.15, -0.1) is 47.6 Å². The van der Waals surface area contributed by atoms with Crippen molar-refractivity contribution in [3.63, 3.8) is 0 Å². The first-order chi connectivity index (χ1) is 8.60. The van der Waals surface area contributed by atoms with Crippen molar-refractivity contribution in [2.24, 2.45) is 11.3 Å². The Bertz CT molecular complexity index is 292. The Morgan fingerprint density at radius 3 is 2.22 bits per heavy atom. The van der Waals surface area contributed by atoms with Crippen LogP contribution in [0.5, 0.6) is 0 Å². The lowest BCUT2D eigenvalue weighted by Crippen LogP contribution is -2.45. The summed E-state index contributed by atoms with van der Waals surface area (Å²) in [6.07, 6.45) is 11.5. The summed E-state index contributed by atoms with van der Waals surface area (Å²) in [6.45, 7) is 4.73. The van der Waals surface area contributed by atoms with Crippen LogP contribution in [-0.2, 0) is 0 Å². The van der Waals surface area contributed by atoms with Crippen LogP contribution in [0.15, 0.2) is 0 Å². The topological polar surface area (TPSA) is 0 Å². The molecule has 0 saturated carbocycles. The largest absolute Gasteiger partial charge is 0.133 e. The Hall–Kier alpha value is 0.610. The highest BCUT2D eigenvalue weighted by molar-refractivity contribution is 8.34. The van der Waals surface area contributed by atoms with Gasteiger partial charge in [-0.05, 0) is 37.0 Å². The zero-order chi connectivity index (χ0) is 13.1. The van der Waals surface area contributed by atoms with Crippen LogP contribution in [0.25, 0.3) is 0 Å². The molecule has 102 valence electrons. The maximum absolute atomic E-state index is 5.32. The van der Waals surface area contributed by atoms with Crippen molar-refractivity contribution in [2.45, 2.75) is 49.4 Å². The van der Waals surface area contributed by atoms with Crippen LogP contribution in [0.3, 0.4) is 0 Å². The fraction of sp³-hybridized carbons (Fsp3) is 0.867. The van der Waals surface area contributed by atoms with Gasteiger partial charge in [0.25, 0.3) is 0 Å². The van der Waals surface area contributed by atoms with Crippen LogP contribution in [0.2, 0.25) is 0 Å². The van der Waals surface area contributed by atoms with Crippen LogP contribution >= 0.6 is 35.3 Å². The summed E-state index contributed by atoms with van der Waals surface area (Å²) >= 11 is 6.70. The van der Waals surface area contributed by atoms with Crippen molar-refractivity contribution in [1.29, 1.82) is 0 Å². The maximum atomic E-state index is 5.32. The Morgan fingerprint density at radius 1 is 1.11 bits per heavy atom. The van der Waals surface area contributed by atoms with Gasteiger partial charge in [-0.1, -0.05) is 13.8 Å². The predicted octanol–water partition coefficient (Wildman–Crippen LogP) is 5.09. The Kier molecular flexibility index (Phi) is 5.31. The van der Waals surface area contributed by atoms with Gasteiger partial charge < -0.3 is 0 Å². The first-order valence-corrected chi connectivity index (χ1v) is 9.91. The summed E-state index contributed by atoms with van der Waals surface area (Å²) in [5.74, 6) is 7.76. The number of thioether (sulfide) groups is 3. The molecule has 0 aromatic heterocycles. The standard InChI is InChI=1S/C15H24S3/c1-4-5-6-7-8-15-16-10-14(11-17-15,12-18-15)9-13(2)3/h1,13H,5-12H2,2-3H3. The average Bonchev–Trinajstić information content (AvgIpc) is 2.36. The number of rotatable bonds is 6. The molecule has 2 bridgehead atoms. The van der Waals surface area contributed by atoms with Gasteiger partial charge >= 0.3 is 0 Å². The van der Waals surface area contributed by atoms with Crippen LogP contribution in [0.1, 0.15) is 46.0 Å². The highest BCUT2D eigenvalue weighted by Crippen LogP contribution is 2.64. The van der Waals surface area contributed by atoms with E-state index in [0.29, 0.717) is 8.83 Å². The van der Waals surface area contributed by atoms with E-state index < -0.39 is 0 Å². The van der Waals surface area contributed by atoms with Crippen molar-refractivity contribution in [3.8, 4) is 12.3 Å². The van der Waals surface area contributed by atoms with Crippen LogP contribution in [0, 0.1) is 23.7 Å². The van der Waals surface area contributed by atoms with E-state index in [1.54, 1.807) is 0 Å². The van der Waals surface area contributed by atoms with E-state index in [4.69, 9.17) is 6.42 Å². The molecule has 0 aromatic rings. The molecule has 3 saturated heterocycles. The van der Waals surface area contributed by atoms with Gasteiger partial charge in [-0.3, -0.25) is 0 Å². The van der Waals surface area contributed by atoms with Crippen molar-refractivity contribution >= 4 is 35.3 Å². The maximum Gasteiger partial charge on any atom is 0.107 e. The minimum atomic E-state index is 0.479. The van der Waals surface area contributed by atoms with E-state index >= 15 is 0 Å². The molecule has 0 unspecified atom stereocenters. The number of hydrogen-bond acceptors (Lipinski definition) is 3. The Morgan fingerprint density at radius 2 is 1.72 bits per heavy atom. The van der Waals surface area contributed by atoms with Crippen molar-refractivity contribution in [1.82, 2.24) is 0 Å². The second kappa shape index (κ2) is 6.37. The van der Waals surface area contributed by atoms with Gasteiger partial charge in [0.2, 0.25) is 0 Å².